The number of carbonyl (C=O) groups is 2. The van der Waals surface area contributed by atoms with Crippen LogP contribution in [0.15, 0.2) is 0 Å². The molecule has 0 saturated carbocycles. The van der Waals surface area contributed by atoms with E-state index in [1.165, 1.54) is 4.90 Å². The van der Waals surface area contributed by atoms with E-state index in [2.05, 4.69) is 0 Å². The van der Waals surface area contributed by atoms with Gasteiger partial charge in [-0.3, -0.25) is 4.79 Å². The molecular weight excluding hydrogens is 234 g/mol. The van der Waals surface area contributed by atoms with Gasteiger partial charge in [-0.05, 0) is 26.2 Å². The van der Waals surface area contributed by atoms with Crippen LogP contribution in [0.1, 0.15) is 48.0 Å². The first-order valence-corrected chi connectivity index (χ1v) is 6.28. The second kappa shape index (κ2) is 6.61. The number of carbonyl (C=O) groups excluding carboxylic acids is 1. The zero-order valence-electron chi connectivity index (χ0n) is 12.2. The maximum atomic E-state index is 12.0. The molecule has 1 atom stereocenters. The number of aliphatic carboxylic acids is 1. The molecule has 0 radical (unpaired) electrons. The molecule has 1 N–H and O–H groups in total. The fourth-order valence-corrected chi connectivity index (χ4v) is 1.88. The van der Waals surface area contributed by atoms with Gasteiger partial charge in [0.05, 0.1) is 19.1 Å². The molecule has 0 aliphatic rings. The molecule has 1 amide bonds. The van der Waals surface area contributed by atoms with Crippen molar-refractivity contribution in [1.29, 1.82) is 0 Å². The molecule has 5 heteroatoms. The van der Waals surface area contributed by atoms with Gasteiger partial charge in [0.25, 0.3) is 0 Å². The summed E-state index contributed by atoms with van der Waals surface area (Å²) in [5.41, 5.74) is -0.324. The van der Waals surface area contributed by atoms with Crippen molar-refractivity contribution < 1.29 is 19.4 Å². The molecule has 0 spiro atoms. The molecule has 0 aromatic carbocycles. The largest absolute Gasteiger partial charge is 0.481 e. The summed E-state index contributed by atoms with van der Waals surface area (Å²) in [7, 11) is 0. The van der Waals surface area contributed by atoms with Gasteiger partial charge in [0.15, 0.2) is 0 Å². The van der Waals surface area contributed by atoms with Crippen LogP contribution in [-0.4, -0.2) is 40.8 Å². The van der Waals surface area contributed by atoms with E-state index in [1.54, 1.807) is 6.92 Å². The first kappa shape index (κ1) is 16.7. The van der Waals surface area contributed by atoms with E-state index in [9.17, 15) is 9.59 Å². The van der Waals surface area contributed by atoms with Crippen LogP contribution in [0, 0.1) is 5.41 Å². The van der Waals surface area contributed by atoms with Gasteiger partial charge in [-0.25, -0.2) is 4.79 Å². The zero-order valence-corrected chi connectivity index (χ0v) is 12.2. The number of carboxylic acid groups (broad SMARTS) is 1. The molecule has 0 heterocycles. The first-order valence-electron chi connectivity index (χ1n) is 6.28. The molecule has 0 aliphatic carbocycles. The predicted octanol–water partition coefficient (Wildman–Crippen LogP) is 2.74. The summed E-state index contributed by atoms with van der Waals surface area (Å²) in [4.78, 5) is 24.5. The van der Waals surface area contributed by atoms with Crippen molar-refractivity contribution in [2.24, 2.45) is 5.41 Å². The number of hydrogen-bond donors (Lipinski definition) is 1. The third kappa shape index (κ3) is 4.94. The average molecular weight is 259 g/mol. The number of ether oxygens (including phenoxy) is 1. The van der Waals surface area contributed by atoms with Gasteiger partial charge in [0.1, 0.15) is 0 Å². The molecule has 0 aliphatic heterocycles. The summed E-state index contributed by atoms with van der Waals surface area (Å²) < 4.78 is 5.02. The Labute approximate surface area is 109 Å². The summed E-state index contributed by atoms with van der Waals surface area (Å²) in [6.45, 7) is 11.5. The second-order valence-corrected chi connectivity index (χ2v) is 5.68. The van der Waals surface area contributed by atoms with Crippen molar-refractivity contribution in [3.05, 3.63) is 0 Å². The SMILES string of the molecule is CCOC(=O)N(C(C)C)C(CC(=O)O)C(C)(C)C. The smallest absolute Gasteiger partial charge is 0.410 e. The van der Waals surface area contributed by atoms with E-state index in [0.29, 0.717) is 0 Å². The minimum absolute atomic E-state index is 0.0828. The summed E-state index contributed by atoms with van der Waals surface area (Å²) in [6.07, 6.45) is -0.533. The third-order valence-corrected chi connectivity index (χ3v) is 2.74. The topological polar surface area (TPSA) is 66.8 Å². The van der Waals surface area contributed by atoms with Crippen LogP contribution in [0.3, 0.4) is 0 Å². The first-order chi connectivity index (χ1) is 8.11. The van der Waals surface area contributed by atoms with Crippen LogP contribution in [0.4, 0.5) is 4.79 Å². The van der Waals surface area contributed by atoms with Crippen molar-refractivity contribution in [2.75, 3.05) is 6.61 Å². The van der Waals surface area contributed by atoms with Crippen LogP contribution < -0.4 is 0 Å². The van der Waals surface area contributed by atoms with Gasteiger partial charge < -0.3 is 14.7 Å². The monoisotopic (exact) mass is 259 g/mol. The van der Waals surface area contributed by atoms with Gasteiger partial charge in [-0.1, -0.05) is 20.8 Å². The lowest BCUT2D eigenvalue weighted by atomic mass is 9.83. The Bertz CT molecular complexity index is 294. The molecule has 1 unspecified atom stereocenters. The number of hydrogen-bond acceptors (Lipinski definition) is 3. The van der Waals surface area contributed by atoms with Crippen molar-refractivity contribution in [3.63, 3.8) is 0 Å². The molecule has 18 heavy (non-hydrogen) atoms. The standard InChI is InChI=1S/C13H25NO4/c1-7-18-12(17)14(9(2)3)10(8-11(15)16)13(4,5)6/h9-10H,7-8H2,1-6H3,(H,15,16). The lowest BCUT2D eigenvalue weighted by molar-refractivity contribution is -0.139. The predicted molar refractivity (Wildman–Crippen MR) is 69.5 cm³/mol. The Hall–Kier alpha value is -1.26. The van der Waals surface area contributed by atoms with Crippen LogP contribution >= 0.6 is 0 Å². The molecule has 0 aromatic heterocycles. The Kier molecular flexibility index (Phi) is 6.15. The van der Waals surface area contributed by atoms with Crippen molar-refractivity contribution in [2.45, 2.75) is 60.0 Å². The highest BCUT2D eigenvalue weighted by molar-refractivity contribution is 5.72. The van der Waals surface area contributed by atoms with Crippen LogP contribution in [-0.2, 0) is 9.53 Å². The Morgan fingerprint density at radius 1 is 1.28 bits per heavy atom. The number of nitrogens with zero attached hydrogens (tertiary/aromatic N) is 1. The van der Waals surface area contributed by atoms with Crippen LogP contribution in [0.5, 0.6) is 0 Å². The maximum Gasteiger partial charge on any atom is 0.410 e. The van der Waals surface area contributed by atoms with E-state index in [4.69, 9.17) is 9.84 Å². The van der Waals surface area contributed by atoms with Crippen molar-refractivity contribution >= 4 is 12.1 Å². The minimum atomic E-state index is -0.912. The highest BCUT2D eigenvalue weighted by atomic mass is 16.6. The molecule has 0 fully saturated rings. The average Bonchev–Trinajstić information content (AvgIpc) is 2.14. The van der Waals surface area contributed by atoms with Crippen LogP contribution in [0.25, 0.3) is 0 Å². The van der Waals surface area contributed by atoms with Crippen molar-refractivity contribution in [3.8, 4) is 0 Å². The van der Waals surface area contributed by atoms with Gasteiger partial charge in [0.2, 0.25) is 0 Å². The molecule has 0 bridgehead atoms. The highest BCUT2D eigenvalue weighted by Crippen LogP contribution is 2.29. The second-order valence-electron chi connectivity index (χ2n) is 5.68. The third-order valence-electron chi connectivity index (χ3n) is 2.74. The van der Waals surface area contributed by atoms with Gasteiger partial charge in [-0.15, -0.1) is 0 Å². The van der Waals surface area contributed by atoms with Crippen LogP contribution in [0.2, 0.25) is 0 Å². The quantitative estimate of drug-likeness (QED) is 0.824. The summed E-state index contributed by atoms with van der Waals surface area (Å²) >= 11 is 0. The molecule has 5 nitrogen and oxygen atoms in total. The fraction of sp³-hybridized carbons (Fsp3) is 0.846. The number of amides is 1. The highest BCUT2D eigenvalue weighted by Gasteiger charge is 2.37. The van der Waals surface area contributed by atoms with E-state index in [0.717, 1.165) is 0 Å². The maximum absolute atomic E-state index is 12.0. The van der Waals surface area contributed by atoms with Crippen molar-refractivity contribution in [1.82, 2.24) is 4.90 Å². The summed E-state index contributed by atoms with van der Waals surface area (Å²) in [5, 5.41) is 9.01. The zero-order chi connectivity index (χ0) is 14.5. The minimum Gasteiger partial charge on any atom is -0.481 e. The van der Waals surface area contributed by atoms with E-state index in [1.807, 2.05) is 34.6 Å². The number of carboxylic acids is 1. The Balaban J connectivity index is 5.22. The molecule has 106 valence electrons. The molecule has 0 rings (SSSR count). The summed E-state index contributed by atoms with van der Waals surface area (Å²) in [5.74, 6) is -0.912. The lowest BCUT2D eigenvalue weighted by Gasteiger charge is -2.41. The Morgan fingerprint density at radius 2 is 1.78 bits per heavy atom. The van der Waals surface area contributed by atoms with E-state index >= 15 is 0 Å². The summed E-state index contributed by atoms with van der Waals surface area (Å²) in [6, 6.07) is -0.498. The fourth-order valence-electron chi connectivity index (χ4n) is 1.88. The molecule has 0 aromatic rings. The molecule has 0 saturated heterocycles. The Morgan fingerprint density at radius 3 is 2.06 bits per heavy atom. The van der Waals surface area contributed by atoms with Gasteiger partial charge in [-0.2, -0.15) is 0 Å². The molecular formula is C13H25NO4. The number of rotatable bonds is 5. The van der Waals surface area contributed by atoms with E-state index in [-0.39, 0.29) is 24.5 Å². The van der Waals surface area contributed by atoms with E-state index < -0.39 is 18.1 Å². The van der Waals surface area contributed by atoms with Gasteiger partial charge in [0, 0.05) is 6.04 Å². The lowest BCUT2D eigenvalue weighted by Crippen LogP contribution is -2.51. The van der Waals surface area contributed by atoms with Gasteiger partial charge >= 0.3 is 12.1 Å². The normalized spacial score (nSPS) is 13.3.